The van der Waals surface area contributed by atoms with E-state index in [9.17, 15) is 0 Å². The van der Waals surface area contributed by atoms with E-state index in [0.717, 1.165) is 40.3 Å². The summed E-state index contributed by atoms with van der Waals surface area (Å²) in [5, 5.41) is 14.0. The monoisotopic (exact) mass is 414 g/mol. The van der Waals surface area contributed by atoms with E-state index in [2.05, 4.69) is 22.2 Å². The number of thioether (sulfide) groups is 1. The maximum absolute atomic E-state index is 5.92. The van der Waals surface area contributed by atoms with Crippen molar-refractivity contribution >= 4 is 29.6 Å². The van der Waals surface area contributed by atoms with E-state index in [1.807, 2.05) is 48.5 Å². The Labute approximate surface area is 174 Å². The van der Waals surface area contributed by atoms with E-state index in [0.29, 0.717) is 0 Å². The summed E-state index contributed by atoms with van der Waals surface area (Å²) in [6, 6.07) is 15.7. The molecule has 0 amide bonds. The van der Waals surface area contributed by atoms with E-state index >= 15 is 0 Å². The van der Waals surface area contributed by atoms with Gasteiger partial charge in [-0.2, -0.15) is 9.78 Å². The van der Waals surface area contributed by atoms with Crippen molar-refractivity contribution in [3.05, 3.63) is 71.0 Å². The minimum absolute atomic E-state index is 0.735. The van der Waals surface area contributed by atoms with Crippen molar-refractivity contribution in [1.29, 1.82) is 0 Å². The molecule has 0 radical (unpaired) electrons. The Hall–Kier alpha value is -2.31. The third kappa shape index (κ3) is 6.39. The van der Waals surface area contributed by atoms with Gasteiger partial charge in [0.2, 0.25) is 5.16 Å². The smallest absolute Gasteiger partial charge is 0.212 e. The fourth-order valence-corrected chi connectivity index (χ4v) is 3.39. The van der Waals surface area contributed by atoms with Crippen LogP contribution in [0.5, 0.6) is 5.75 Å². The molecule has 1 heterocycles. The second-order valence-electron chi connectivity index (χ2n) is 6.24. The second kappa shape index (κ2) is 10.9. The molecule has 0 aliphatic rings. The Morgan fingerprint density at radius 3 is 2.64 bits per heavy atom. The van der Waals surface area contributed by atoms with E-state index in [-0.39, 0.29) is 0 Å². The van der Waals surface area contributed by atoms with Crippen LogP contribution < -0.4 is 4.74 Å². The van der Waals surface area contributed by atoms with E-state index in [1.54, 1.807) is 29.0 Å². The number of halogens is 1. The third-order valence-electron chi connectivity index (χ3n) is 4.01. The molecule has 0 atom stereocenters. The van der Waals surface area contributed by atoms with E-state index in [4.69, 9.17) is 16.3 Å². The summed E-state index contributed by atoms with van der Waals surface area (Å²) in [4.78, 5) is 0. The Kier molecular flexibility index (Phi) is 7.94. The zero-order valence-corrected chi connectivity index (χ0v) is 17.4. The number of hydrogen-bond acceptors (Lipinski definition) is 5. The maximum Gasteiger partial charge on any atom is 0.212 e. The number of benzene rings is 2. The topological polar surface area (TPSA) is 52.3 Å². The molecule has 0 saturated heterocycles. The lowest BCUT2D eigenvalue weighted by Gasteiger charge is -2.05. The first-order valence-corrected chi connectivity index (χ1v) is 10.7. The van der Waals surface area contributed by atoms with Crippen LogP contribution in [0, 0.1) is 0 Å². The standard InChI is InChI=1S/C21H23ClN4OS/c1-2-3-4-13-27-20-11-7-17(8-12-20)14-24-26-16-23-25-21(26)28-15-18-5-9-19(22)10-6-18/h5-12,14,16H,2-4,13,15H2,1H3/b24-14-. The van der Waals surface area contributed by atoms with Gasteiger partial charge in [-0.3, -0.25) is 0 Å². The van der Waals surface area contributed by atoms with Gasteiger partial charge in [0.05, 0.1) is 12.8 Å². The molecule has 0 unspecified atom stereocenters. The van der Waals surface area contributed by atoms with Gasteiger partial charge in [-0.05, 0) is 53.9 Å². The first-order valence-electron chi connectivity index (χ1n) is 9.29. The molecule has 5 nitrogen and oxygen atoms in total. The van der Waals surface area contributed by atoms with Crippen molar-refractivity contribution in [2.45, 2.75) is 37.1 Å². The predicted octanol–water partition coefficient (Wildman–Crippen LogP) is 5.68. The normalized spacial score (nSPS) is 11.2. The average Bonchev–Trinajstić information content (AvgIpc) is 3.17. The summed E-state index contributed by atoms with van der Waals surface area (Å²) >= 11 is 7.50. The minimum Gasteiger partial charge on any atom is -0.494 e. The third-order valence-corrected chi connectivity index (χ3v) is 5.27. The summed E-state index contributed by atoms with van der Waals surface area (Å²) in [6.45, 7) is 2.95. The van der Waals surface area contributed by atoms with Crippen LogP contribution in [0.2, 0.25) is 5.02 Å². The quantitative estimate of drug-likeness (QED) is 0.243. The predicted molar refractivity (Wildman–Crippen MR) is 115 cm³/mol. The maximum atomic E-state index is 5.92. The molecule has 28 heavy (non-hydrogen) atoms. The molecular weight excluding hydrogens is 392 g/mol. The van der Waals surface area contributed by atoms with Crippen molar-refractivity contribution < 1.29 is 4.74 Å². The molecule has 0 bridgehead atoms. The highest BCUT2D eigenvalue weighted by molar-refractivity contribution is 7.98. The zero-order valence-electron chi connectivity index (χ0n) is 15.8. The van der Waals surface area contributed by atoms with Crippen molar-refractivity contribution in [2.24, 2.45) is 5.10 Å². The first kappa shape index (κ1) is 20.4. The Morgan fingerprint density at radius 1 is 1.11 bits per heavy atom. The van der Waals surface area contributed by atoms with Gasteiger partial charge < -0.3 is 4.74 Å². The Balaban J connectivity index is 1.54. The SMILES string of the molecule is CCCCCOc1ccc(/C=N\n2cnnc2SCc2ccc(Cl)cc2)cc1. The van der Waals surface area contributed by atoms with Gasteiger partial charge >= 0.3 is 0 Å². The first-order chi connectivity index (χ1) is 13.7. The van der Waals surface area contributed by atoms with Gasteiger partial charge in [-0.25, -0.2) is 0 Å². The van der Waals surface area contributed by atoms with Crippen molar-refractivity contribution in [3.8, 4) is 5.75 Å². The molecular formula is C21H23ClN4OS. The van der Waals surface area contributed by atoms with Crippen LogP contribution in [0.4, 0.5) is 0 Å². The van der Waals surface area contributed by atoms with E-state index < -0.39 is 0 Å². The van der Waals surface area contributed by atoms with Crippen LogP contribution in [-0.2, 0) is 5.75 Å². The highest BCUT2D eigenvalue weighted by Crippen LogP contribution is 2.21. The van der Waals surface area contributed by atoms with Crippen molar-refractivity contribution in [2.75, 3.05) is 6.61 Å². The molecule has 3 aromatic rings. The highest BCUT2D eigenvalue weighted by Gasteiger charge is 2.05. The molecule has 146 valence electrons. The van der Waals surface area contributed by atoms with Gasteiger partial charge in [0.1, 0.15) is 12.1 Å². The fourth-order valence-electron chi connectivity index (χ4n) is 2.44. The molecule has 1 aromatic heterocycles. The number of hydrogen-bond donors (Lipinski definition) is 0. The number of ether oxygens (including phenoxy) is 1. The molecule has 0 aliphatic carbocycles. The number of nitrogens with zero attached hydrogens (tertiary/aromatic N) is 4. The molecule has 0 aliphatic heterocycles. The molecule has 3 rings (SSSR count). The van der Waals surface area contributed by atoms with Gasteiger partial charge in [-0.1, -0.05) is 55.3 Å². The van der Waals surface area contributed by atoms with Crippen LogP contribution in [0.3, 0.4) is 0 Å². The van der Waals surface area contributed by atoms with E-state index in [1.165, 1.54) is 18.4 Å². The summed E-state index contributed by atoms with van der Waals surface area (Å²) in [7, 11) is 0. The van der Waals surface area contributed by atoms with Gasteiger partial charge in [-0.15, -0.1) is 10.2 Å². The van der Waals surface area contributed by atoms with Gasteiger partial charge in [0.15, 0.2) is 0 Å². The minimum atomic E-state index is 0.735. The van der Waals surface area contributed by atoms with Crippen LogP contribution in [0.25, 0.3) is 0 Å². The lowest BCUT2D eigenvalue weighted by Crippen LogP contribution is -1.97. The lowest BCUT2D eigenvalue weighted by molar-refractivity contribution is 0.306. The average molecular weight is 415 g/mol. The molecule has 2 aromatic carbocycles. The van der Waals surface area contributed by atoms with Crippen LogP contribution in [0.1, 0.15) is 37.3 Å². The summed E-state index contributed by atoms with van der Waals surface area (Å²) in [6.07, 6.45) is 6.87. The number of rotatable bonds is 10. The second-order valence-corrected chi connectivity index (χ2v) is 7.62. The van der Waals surface area contributed by atoms with Gasteiger partial charge in [0, 0.05) is 10.8 Å². The number of unbranched alkanes of at least 4 members (excludes halogenated alkanes) is 2. The van der Waals surface area contributed by atoms with Gasteiger partial charge in [0.25, 0.3) is 0 Å². The van der Waals surface area contributed by atoms with Crippen LogP contribution >= 0.6 is 23.4 Å². The fraction of sp³-hybridized carbons (Fsp3) is 0.286. The molecule has 0 saturated carbocycles. The largest absolute Gasteiger partial charge is 0.494 e. The van der Waals surface area contributed by atoms with Crippen molar-refractivity contribution in [1.82, 2.24) is 14.9 Å². The molecule has 7 heteroatoms. The summed E-state index contributed by atoms with van der Waals surface area (Å²) in [5.74, 6) is 1.66. The Morgan fingerprint density at radius 2 is 1.89 bits per heavy atom. The van der Waals surface area contributed by atoms with Crippen molar-refractivity contribution in [3.63, 3.8) is 0 Å². The molecule has 0 fully saturated rings. The lowest BCUT2D eigenvalue weighted by atomic mass is 10.2. The van der Waals surface area contributed by atoms with Crippen LogP contribution in [-0.4, -0.2) is 27.7 Å². The Bertz CT molecular complexity index is 878. The number of aromatic nitrogens is 3. The van der Waals surface area contributed by atoms with Crippen LogP contribution in [0.15, 0.2) is 65.1 Å². The molecule has 0 N–H and O–H groups in total. The summed E-state index contributed by atoms with van der Waals surface area (Å²) in [5.41, 5.74) is 2.16. The zero-order chi connectivity index (χ0) is 19.6. The molecule has 0 spiro atoms. The highest BCUT2D eigenvalue weighted by atomic mass is 35.5. The summed E-state index contributed by atoms with van der Waals surface area (Å²) < 4.78 is 7.41.